The first-order valence-electron chi connectivity index (χ1n) is 12.9. The van der Waals surface area contributed by atoms with Gasteiger partial charge >= 0.3 is 5.97 Å². The summed E-state index contributed by atoms with van der Waals surface area (Å²) in [6.07, 6.45) is 1.80. The molecule has 3 heterocycles. The molecule has 0 saturated carbocycles. The van der Waals surface area contributed by atoms with Gasteiger partial charge in [0.1, 0.15) is 10.8 Å². The van der Waals surface area contributed by atoms with Crippen LogP contribution in [0.15, 0.2) is 78.6 Å². The molecule has 1 fully saturated rings. The molecule has 0 radical (unpaired) electrons. The molecule has 1 saturated heterocycles. The van der Waals surface area contributed by atoms with E-state index in [2.05, 4.69) is 10.1 Å². The number of ether oxygens (including phenoxy) is 2. The maximum atomic E-state index is 14.5. The van der Waals surface area contributed by atoms with Gasteiger partial charge in [-0.15, -0.1) is 11.3 Å². The lowest BCUT2D eigenvalue weighted by Crippen LogP contribution is -2.63. The summed E-state index contributed by atoms with van der Waals surface area (Å²) in [5, 5.41) is 17.2. The molecule has 3 atom stereocenters. The zero-order chi connectivity index (χ0) is 29.4. The lowest BCUT2D eigenvalue weighted by Gasteiger charge is -2.37. The number of hydrogen-bond donors (Lipinski definition) is 1. The van der Waals surface area contributed by atoms with Crippen LogP contribution in [0.3, 0.4) is 0 Å². The van der Waals surface area contributed by atoms with Gasteiger partial charge in [-0.1, -0.05) is 57.2 Å². The first-order valence-corrected chi connectivity index (χ1v) is 13.8. The second-order valence-electron chi connectivity index (χ2n) is 10.7. The number of amides is 1. The Bertz CT molecular complexity index is 1550. The highest BCUT2D eigenvalue weighted by molar-refractivity contribution is 7.09. The summed E-state index contributed by atoms with van der Waals surface area (Å²) in [4.78, 5) is 47.4. The zero-order valence-electron chi connectivity index (χ0n) is 23.1. The summed E-state index contributed by atoms with van der Waals surface area (Å²) < 4.78 is 13.3. The van der Waals surface area contributed by atoms with Gasteiger partial charge in [0.25, 0.3) is 5.91 Å². The van der Waals surface area contributed by atoms with Crippen LogP contribution in [0.5, 0.6) is 5.75 Å². The van der Waals surface area contributed by atoms with Crippen LogP contribution in [0.25, 0.3) is 0 Å². The van der Waals surface area contributed by atoms with E-state index in [1.165, 1.54) is 35.5 Å². The van der Waals surface area contributed by atoms with Crippen LogP contribution in [0, 0.1) is 0 Å². The molecule has 41 heavy (non-hydrogen) atoms. The lowest BCUT2D eigenvalue weighted by atomic mass is 9.84. The van der Waals surface area contributed by atoms with Gasteiger partial charge in [0.05, 0.1) is 13.7 Å². The molecule has 2 aromatic heterocycles. The number of carboxylic acid groups (broad SMARTS) is 1. The highest BCUT2D eigenvalue weighted by Gasteiger charge is 2.65. The molecule has 0 bridgehead atoms. The molecule has 3 unspecified atom stereocenters. The predicted octanol–water partition coefficient (Wildman–Crippen LogP) is 4.59. The Hall–Kier alpha value is -4.35. The lowest BCUT2D eigenvalue weighted by molar-refractivity contribution is -0.150. The summed E-state index contributed by atoms with van der Waals surface area (Å²) in [6.45, 7) is 5.73. The molecule has 1 aliphatic heterocycles. The van der Waals surface area contributed by atoms with Crippen LogP contribution >= 0.6 is 11.3 Å². The highest BCUT2D eigenvalue weighted by atomic mass is 32.1. The van der Waals surface area contributed by atoms with Crippen molar-refractivity contribution in [1.29, 1.82) is 0 Å². The van der Waals surface area contributed by atoms with Gasteiger partial charge < -0.3 is 14.6 Å². The number of methoxy groups -OCH3 is 1. The number of carbonyl (C=O) groups is 3. The average Bonchev–Trinajstić information content (AvgIpc) is 3.73. The fraction of sp³-hybridized carbons (Fsp3) is 0.300. The van der Waals surface area contributed by atoms with Crippen molar-refractivity contribution in [1.82, 2.24) is 19.7 Å². The SMILES string of the molecule is COc1cc(C(=O)N2C(c3nccs3)OC(C(=O)c3ccccc3)C2(Cn2cccn2)C(=O)O)ccc1C(C)(C)C. The molecule has 0 aliphatic carbocycles. The van der Waals surface area contributed by atoms with Gasteiger partial charge in [-0.05, 0) is 29.2 Å². The van der Waals surface area contributed by atoms with Crippen LogP contribution in [0.2, 0.25) is 0 Å². The molecule has 1 aliphatic rings. The molecular weight excluding hydrogens is 544 g/mol. The Morgan fingerprint density at radius 1 is 1.07 bits per heavy atom. The van der Waals surface area contributed by atoms with Crippen molar-refractivity contribution in [2.45, 2.75) is 50.6 Å². The van der Waals surface area contributed by atoms with Crippen molar-refractivity contribution in [3.8, 4) is 5.75 Å². The van der Waals surface area contributed by atoms with E-state index in [0.717, 1.165) is 10.5 Å². The van der Waals surface area contributed by atoms with Crippen LogP contribution in [0.4, 0.5) is 0 Å². The topological polar surface area (TPSA) is 124 Å². The van der Waals surface area contributed by atoms with E-state index in [9.17, 15) is 19.5 Å². The number of aromatic nitrogens is 3. The third-order valence-electron chi connectivity index (χ3n) is 7.13. The fourth-order valence-electron chi connectivity index (χ4n) is 5.15. The van der Waals surface area contributed by atoms with Gasteiger partial charge in [-0.3, -0.25) is 19.2 Å². The summed E-state index contributed by atoms with van der Waals surface area (Å²) in [5.74, 6) is -2.15. The fourth-order valence-corrected chi connectivity index (χ4v) is 5.81. The number of carboxylic acids is 1. The second kappa shape index (κ2) is 10.9. The van der Waals surface area contributed by atoms with Crippen molar-refractivity contribution in [3.05, 3.63) is 100 Å². The number of carbonyl (C=O) groups excluding carboxylic acids is 2. The number of nitrogens with zero attached hydrogens (tertiary/aromatic N) is 4. The smallest absolute Gasteiger partial charge is 0.334 e. The monoisotopic (exact) mass is 574 g/mol. The molecule has 1 amide bonds. The Balaban J connectivity index is 1.72. The zero-order valence-corrected chi connectivity index (χ0v) is 23.9. The van der Waals surface area contributed by atoms with Gasteiger partial charge in [0.15, 0.2) is 23.7 Å². The molecule has 212 valence electrons. The first-order chi connectivity index (χ1) is 19.6. The van der Waals surface area contributed by atoms with Crippen LogP contribution in [-0.4, -0.2) is 61.2 Å². The van der Waals surface area contributed by atoms with Gasteiger partial charge in [0.2, 0.25) is 0 Å². The number of ketones is 1. The number of rotatable bonds is 8. The normalized spacial score (nSPS) is 20.6. The van der Waals surface area contributed by atoms with Crippen molar-refractivity contribution >= 4 is 29.0 Å². The Labute approximate surface area is 241 Å². The van der Waals surface area contributed by atoms with E-state index in [4.69, 9.17) is 9.47 Å². The number of benzene rings is 2. The quantitative estimate of drug-likeness (QED) is 0.303. The molecule has 10 nitrogen and oxygen atoms in total. The number of hydrogen-bond acceptors (Lipinski definition) is 8. The van der Waals surface area contributed by atoms with E-state index in [1.807, 2.05) is 20.8 Å². The summed E-state index contributed by atoms with van der Waals surface area (Å²) in [5.41, 5.74) is -1.14. The second-order valence-corrected chi connectivity index (χ2v) is 11.7. The molecule has 0 spiro atoms. The van der Waals surface area contributed by atoms with E-state index >= 15 is 0 Å². The Morgan fingerprint density at radius 2 is 1.83 bits per heavy atom. The molecule has 11 heteroatoms. The number of Topliss-reactive ketones (excluding diaryl/α,β-unsaturated/α-hetero) is 1. The van der Waals surface area contributed by atoms with Crippen molar-refractivity contribution in [3.63, 3.8) is 0 Å². The van der Waals surface area contributed by atoms with Crippen molar-refractivity contribution in [2.75, 3.05) is 7.11 Å². The number of thiazole rings is 1. The van der Waals surface area contributed by atoms with Crippen molar-refractivity contribution in [2.24, 2.45) is 0 Å². The van der Waals surface area contributed by atoms with Gasteiger partial charge in [-0.25, -0.2) is 9.78 Å². The van der Waals surface area contributed by atoms with Crippen LogP contribution in [-0.2, 0) is 21.5 Å². The Morgan fingerprint density at radius 3 is 2.41 bits per heavy atom. The Kier molecular flexibility index (Phi) is 7.50. The molecule has 5 rings (SSSR count). The maximum Gasteiger partial charge on any atom is 0.334 e. The van der Waals surface area contributed by atoms with Crippen molar-refractivity contribution < 1.29 is 29.0 Å². The molecule has 1 N–H and O–H groups in total. The van der Waals surface area contributed by atoms with Gasteiger partial charge in [-0.2, -0.15) is 5.10 Å². The molecular formula is C30H30N4O6S. The minimum atomic E-state index is -2.18. The van der Waals surface area contributed by atoms with E-state index in [0.29, 0.717) is 10.8 Å². The largest absolute Gasteiger partial charge is 0.496 e. The third-order valence-corrected chi connectivity index (χ3v) is 7.94. The highest BCUT2D eigenvalue weighted by Crippen LogP contribution is 2.46. The van der Waals surface area contributed by atoms with E-state index in [1.54, 1.807) is 66.2 Å². The standard InChI is InChI=1S/C30H30N4O6S/c1-29(2,3)21-12-11-20(17-22(21)39-4)26(36)34-27(25-31-14-16-41-25)40-24(23(35)19-9-6-5-7-10-19)30(34,28(37)38)18-33-15-8-13-32-33/h5-17,24,27H,18H2,1-4H3,(H,37,38). The summed E-state index contributed by atoms with van der Waals surface area (Å²) in [7, 11) is 1.52. The van der Waals surface area contributed by atoms with Crippen LogP contribution in [0.1, 0.15) is 58.3 Å². The first kappa shape index (κ1) is 28.2. The molecule has 4 aromatic rings. The average molecular weight is 575 g/mol. The summed E-state index contributed by atoms with van der Waals surface area (Å²) >= 11 is 1.20. The summed E-state index contributed by atoms with van der Waals surface area (Å²) in [6, 6.07) is 15.0. The maximum absolute atomic E-state index is 14.5. The third kappa shape index (κ3) is 5.02. The minimum Gasteiger partial charge on any atom is -0.496 e. The predicted molar refractivity (Wildman–Crippen MR) is 151 cm³/mol. The number of aliphatic carboxylic acids is 1. The minimum absolute atomic E-state index is 0.180. The molecule has 2 aromatic carbocycles. The van der Waals surface area contributed by atoms with E-state index < -0.39 is 35.5 Å². The van der Waals surface area contributed by atoms with Crippen LogP contribution < -0.4 is 4.74 Å². The van der Waals surface area contributed by atoms with E-state index in [-0.39, 0.29) is 23.1 Å². The van der Waals surface area contributed by atoms with Gasteiger partial charge in [0, 0.05) is 35.1 Å².